The molecule has 0 fully saturated rings. The van der Waals surface area contributed by atoms with Gasteiger partial charge in [-0.1, -0.05) is 0 Å². The van der Waals surface area contributed by atoms with Gasteiger partial charge in [0.1, 0.15) is 0 Å². The molecule has 0 spiro atoms. The maximum Gasteiger partial charge on any atom is 0.435 e. The second kappa shape index (κ2) is 6.48. The second-order valence-electron chi connectivity index (χ2n) is 4.62. The molecule has 5 nitrogen and oxygen atoms in total. The van der Waals surface area contributed by atoms with Gasteiger partial charge in [0.2, 0.25) is 0 Å². The van der Waals surface area contributed by atoms with Gasteiger partial charge >= 0.3 is 6.18 Å². The largest absolute Gasteiger partial charge is 0.435 e. The van der Waals surface area contributed by atoms with Gasteiger partial charge in [0.15, 0.2) is 5.69 Å². The van der Waals surface area contributed by atoms with Gasteiger partial charge in [-0.05, 0) is 13.0 Å². The maximum absolute atomic E-state index is 12.5. The first-order valence-electron chi connectivity index (χ1n) is 6.07. The molecule has 21 heavy (non-hydrogen) atoms. The van der Waals surface area contributed by atoms with Crippen LogP contribution in [-0.2, 0) is 33.4 Å². The molecule has 2 rings (SSSR count). The maximum atomic E-state index is 12.5. The van der Waals surface area contributed by atoms with Gasteiger partial charge in [-0.25, -0.2) is 0 Å². The van der Waals surface area contributed by atoms with Crippen LogP contribution in [0.3, 0.4) is 0 Å². The van der Waals surface area contributed by atoms with Crippen LogP contribution in [0.4, 0.5) is 13.2 Å². The molecule has 0 aromatic carbocycles. The van der Waals surface area contributed by atoms with Gasteiger partial charge in [-0.2, -0.15) is 23.4 Å². The standard InChI is InChI=1S/C12H16F3N5.ClH/c1-8-9(6-17-19(8)2)5-16-7-10-4-11(12(13,14)15)18-20(10)3;/h4,6,16H,5,7H2,1-3H3;1H. The number of alkyl halides is 3. The highest BCUT2D eigenvalue weighted by Crippen LogP contribution is 2.28. The Morgan fingerprint density at radius 2 is 1.86 bits per heavy atom. The van der Waals surface area contributed by atoms with Crippen LogP contribution in [0.5, 0.6) is 0 Å². The van der Waals surface area contributed by atoms with Crippen molar-refractivity contribution in [2.24, 2.45) is 14.1 Å². The van der Waals surface area contributed by atoms with Crippen molar-refractivity contribution in [3.63, 3.8) is 0 Å². The number of hydrogen-bond donors (Lipinski definition) is 1. The predicted molar refractivity (Wildman–Crippen MR) is 73.9 cm³/mol. The highest BCUT2D eigenvalue weighted by molar-refractivity contribution is 5.85. The SMILES string of the molecule is Cc1c(CNCc2cc(C(F)(F)F)nn2C)cnn1C.Cl. The van der Waals surface area contributed by atoms with Gasteiger partial charge in [-0.15, -0.1) is 12.4 Å². The third-order valence-corrected chi connectivity index (χ3v) is 3.23. The summed E-state index contributed by atoms with van der Waals surface area (Å²) in [4.78, 5) is 0. The molecule has 118 valence electrons. The number of rotatable bonds is 4. The van der Waals surface area contributed by atoms with Crippen molar-refractivity contribution in [2.45, 2.75) is 26.2 Å². The first kappa shape index (κ1) is 17.5. The molecule has 0 atom stereocenters. The quantitative estimate of drug-likeness (QED) is 0.938. The van der Waals surface area contributed by atoms with Gasteiger partial charge in [0.25, 0.3) is 0 Å². The summed E-state index contributed by atoms with van der Waals surface area (Å²) in [6.07, 6.45) is -2.66. The van der Waals surface area contributed by atoms with Crippen molar-refractivity contribution in [3.05, 3.63) is 34.9 Å². The Balaban J connectivity index is 0.00000220. The zero-order valence-corrected chi connectivity index (χ0v) is 12.7. The Labute approximate surface area is 126 Å². The molecule has 1 N–H and O–H groups in total. The highest BCUT2D eigenvalue weighted by Gasteiger charge is 2.34. The summed E-state index contributed by atoms with van der Waals surface area (Å²) in [5.41, 5.74) is 1.66. The predicted octanol–water partition coefficient (Wildman–Crippen LogP) is 2.19. The lowest BCUT2D eigenvalue weighted by atomic mass is 10.2. The number of hydrogen-bond acceptors (Lipinski definition) is 3. The second-order valence-corrected chi connectivity index (χ2v) is 4.62. The number of nitrogens with one attached hydrogen (secondary N) is 1. The van der Waals surface area contributed by atoms with Crippen molar-refractivity contribution >= 4 is 12.4 Å². The van der Waals surface area contributed by atoms with Crippen LogP contribution in [0.1, 0.15) is 22.6 Å². The molecule has 0 saturated carbocycles. The van der Waals surface area contributed by atoms with Gasteiger partial charge in [0.05, 0.1) is 11.9 Å². The van der Waals surface area contributed by atoms with E-state index in [0.29, 0.717) is 18.8 Å². The zero-order valence-electron chi connectivity index (χ0n) is 11.9. The highest BCUT2D eigenvalue weighted by atomic mass is 35.5. The zero-order chi connectivity index (χ0) is 14.9. The first-order valence-corrected chi connectivity index (χ1v) is 6.07. The van der Waals surface area contributed by atoms with Crippen LogP contribution >= 0.6 is 12.4 Å². The Kier molecular flexibility index (Phi) is 5.41. The Morgan fingerprint density at radius 3 is 2.33 bits per heavy atom. The van der Waals surface area contributed by atoms with E-state index in [0.717, 1.165) is 17.3 Å². The molecule has 0 bridgehead atoms. The van der Waals surface area contributed by atoms with Crippen LogP contribution in [-0.4, -0.2) is 19.6 Å². The molecule has 0 aliphatic heterocycles. The number of nitrogens with zero attached hydrogens (tertiary/aromatic N) is 4. The van der Waals surface area contributed by atoms with E-state index in [1.54, 1.807) is 10.9 Å². The third-order valence-electron chi connectivity index (χ3n) is 3.23. The number of aromatic nitrogens is 4. The summed E-state index contributed by atoms with van der Waals surface area (Å²) in [6, 6.07) is 1.06. The minimum atomic E-state index is -4.41. The van der Waals surface area contributed by atoms with Crippen molar-refractivity contribution < 1.29 is 13.2 Å². The van der Waals surface area contributed by atoms with Crippen LogP contribution in [0.25, 0.3) is 0 Å². The Hall–Kier alpha value is -1.54. The minimum Gasteiger partial charge on any atom is -0.307 e. The topological polar surface area (TPSA) is 47.7 Å². The molecule has 0 amide bonds. The summed E-state index contributed by atoms with van der Waals surface area (Å²) in [7, 11) is 3.34. The molecule has 0 aliphatic rings. The molecule has 0 radical (unpaired) electrons. The molecule has 2 heterocycles. The molecule has 0 unspecified atom stereocenters. The normalized spacial score (nSPS) is 11.5. The molecule has 0 saturated heterocycles. The van der Waals surface area contributed by atoms with Crippen molar-refractivity contribution in [1.29, 1.82) is 0 Å². The van der Waals surface area contributed by atoms with E-state index < -0.39 is 11.9 Å². The van der Waals surface area contributed by atoms with Crippen LogP contribution in [0.15, 0.2) is 12.3 Å². The monoisotopic (exact) mass is 323 g/mol. The van der Waals surface area contributed by atoms with Crippen molar-refractivity contribution in [1.82, 2.24) is 24.9 Å². The van der Waals surface area contributed by atoms with Crippen LogP contribution in [0, 0.1) is 6.92 Å². The van der Waals surface area contributed by atoms with Crippen molar-refractivity contribution in [3.8, 4) is 0 Å². The fourth-order valence-corrected chi connectivity index (χ4v) is 1.85. The first-order chi connectivity index (χ1) is 9.29. The van der Waals surface area contributed by atoms with Crippen molar-refractivity contribution in [2.75, 3.05) is 0 Å². The lowest BCUT2D eigenvalue weighted by molar-refractivity contribution is -0.141. The van der Waals surface area contributed by atoms with Gasteiger partial charge in [0, 0.05) is 38.4 Å². The van der Waals surface area contributed by atoms with E-state index in [1.807, 2.05) is 14.0 Å². The smallest absolute Gasteiger partial charge is 0.307 e. The Morgan fingerprint density at radius 1 is 1.19 bits per heavy atom. The summed E-state index contributed by atoms with van der Waals surface area (Å²) in [5, 5.41) is 10.7. The third kappa shape index (κ3) is 3.98. The minimum absolute atomic E-state index is 0. The summed E-state index contributed by atoms with van der Waals surface area (Å²) >= 11 is 0. The molecule has 9 heteroatoms. The van der Waals surface area contributed by atoms with E-state index in [4.69, 9.17) is 0 Å². The molecule has 2 aromatic rings. The fourth-order valence-electron chi connectivity index (χ4n) is 1.85. The summed E-state index contributed by atoms with van der Waals surface area (Å²) in [6.45, 7) is 2.80. The van der Waals surface area contributed by atoms with Crippen LogP contribution in [0.2, 0.25) is 0 Å². The lowest BCUT2D eigenvalue weighted by Gasteiger charge is -2.04. The van der Waals surface area contributed by atoms with E-state index in [-0.39, 0.29) is 12.4 Å². The summed E-state index contributed by atoms with van der Waals surface area (Å²) < 4.78 is 40.5. The van der Waals surface area contributed by atoms with E-state index in [2.05, 4.69) is 15.5 Å². The van der Waals surface area contributed by atoms with E-state index >= 15 is 0 Å². The van der Waals surface area contributed by atoms with Gasteiger partial charge < -0.3 is 5.32 Å². The van der Waals surface area contributed by atoms with E-state index in [9.17, 15) is 13.2 Å². The van der Waals surface area contributed by atoms with Crippen LogP contribution < -0.4 is 5.32 Å². The number of halogens is 4. The average molecular weight is 324 g/mol. The molecular weight excluding hydrogens is 307 g/mol. The molecule has 0 aliphatic carbocycles. The van der Waals surface area contributed by atoms with E-state index in [1.165, 1.54) is 11.7 Å². The fraction of sp³-hybridized carbons (Fsp3) is 0.500. The molecular formula is C12H17ClF3N5. The summed E-state index contributed by atoms with van der Waals surface area (Å²) in [5.74, 6) is 0. The molecule has 2 aromatic heterocycles. The Bertz CT molecular complexity index is 603. The average Bonchev–Trinajstić information content (AvgIpc) is 2.87. The van der Waals surface area contributed by atoms with Gasteiger partial charge in [-0.3, -0.25) is 9.36 Å². The lowest BCUT2D eigenvalue weighted by Crippen LogP contribution is -2.15. The number of aryl methyl sites for hydroxylation is 2.